The van der Waals surface area contributed by atoms with Crippen molar-refractivity contribution in [3.63, 3.8) is 0 Å². The van der Waals surface area contributed by atoms with Gasteiger partial charge in [0, 0.05) is 21.2 Å². The van der Waals surface area contributed by atoms with Gasteiger partial charge in [0.1, 0.15) is 24.0 Å². The SMILES string of the molecule is N#C/C(=C\c1cc(I)c(OCc2ccc(Cl)cc2Cl)c(I)c1)C(=O)c1ccccc1. The molecule has 3 aromatic carbocycles. The molecule has 0 heterocycles. The van der Waals surface area contributed by atoms with Crippen molar-refractivity contribution in [1.29, 1.82) is 5.26 Å². The van der Waals surface area contributed by atoms with Gasteiger partial charge in [0.25, 0.3) is 0 Å². The van der Waals surface area contributed by atoms with E-state index in [9.17, 15) is 10.1 Å². The fourth-order valence-corrected chi connectivity index (χ4v) is 5.24. The van der Waals surface area contributed by atoms with Gasteiger partial charge in [0.2, 0.25) is 5.78 Å². The molecule has 0 aromatic heterocycles. The maximum Gasteiger partial charge on any atom is 0.203 e. The minimum Gasteiger partial charge on any atom is -0.487 e. The summed E-state index contributed by atoms with van der Waals surface area (Å²) in [5.74, 6) is 0.410. The van der Waals surface area contributed by atoms with E-state index < -0.39 is 0 Å². The van der Waals surface area contributed by atoms with Crippen LogP contribution in [0.1, 0.15) is 21.5 Å². The lowest BCUT2D eigenvalue weighted by molar-refractivity contribution is 0.104. The van der Waals surface area contributed by atoms with Crippen LogP contribution in [0.5, 0.6) is 5.75 Å². The van der Waals surface area contributed by atoms with E-state index in [-0.39, 0.29) is 11.4 Å². The summed E-state index contributed by atoms with van der Waals surface area (Å²) in [6.45, 7) is 0.299. The summed E-state index contributed by atoms with van der Waals surface area (Å²) in [5, 5.41) is 10.6. The lowest BCUT2D eigenvalue weighted by atomic mass is 10.0. The normalized spacial score (nSPS) is 11.1. The van der Waals surface area contributed by atoms with Crippen molar-refractivity contribution in [3.8, 4) is 11.8 Å². The third kappa shape index (κ3) is 5.76. The first-order valence-electron chi connectivity index (χ1n) is 8.66. The highest BCUT2D eigenvalue weighted by atomic mass is 127. The van der Waals surface area contributed by atoms with Crippen LogP contribution in [-0.4, -0.2) is 5.78 Å². The molecule has 0 N–H and O–H groups in total. The molecule has 0 unspecified atom stereocenters. The highest BCUT2D eigenvalue weighted by Crippen LogP contribution is 2.31. The Morgan fingerprint density at radius 3 is 2.30 bits per heavy atom. The summed E-state index contributed by atoms with van der Waals surface area (Å²) in [4.78, 5) is 12.6. The van der Waals surface area contributed by atoms with Gasteiger partial charge in [0.05, 0.1) is 7.14 Å². The van der Waals surface area contributed by atoms with E-state index >= 15 is 0 Å². The van der Waals surface area contributed by atoms with E-state index in [1.54, 1.807) is 42.5 Å². The van der Waals surface area contributed by atoms with E-state index in [4.69, 9.17) is 27.9 Å². The smallest absolute Gasteiger partial charge is 0.203 e. The summed E-state index contributed by atoms with van der Waals surface area (Å²) in [6.07, 6.45) is 1.60. The number of carbonyl (C=O) groups excluding carboxylic acids is 1. The van der Waals surface area contributed by atoms with Crippen molar-refractivity contribution in [2.24, 2.45) is 0 Å². The van der Waals surface area contributed by atoms with Crippen LogP contribution in [0.3, 0.4) is 0 Å². The average molecular weight is 660 g/mol. The maximum atomic E-state index is 12.6. The molecule has 30 heavy (non-hydrogen) atoms. The predicted molar refractivity (Wildman–Crippen MR) is 137 cm³/mol. The second-order valence-corrected chi connectivity index (χ2v) is 9.37. The molecule has 3 rings (SSSR count). The van der Waals surface area contributed by atoms with Gasteiger partial charge in [-0.25, -0.2) is 0 Å². The monoisotopic (exact) mass is 659 g/mol. The van der Waals surface area contributed by atoms with Gasteiger partial charge >= 0.3 is 0 Å². The Kier molecular flexibility index (Phi) is 8.17. The highest BCUT2D eigenvalue weighted by molar-refractivity contribution is 14.1. The first kappa shape index (κ1) is 23.1. The molecule has 150 valence electrons. The van der Waals surface area contributed by atoms with Crippen LogP contribution in [0.4, 0.5) is 0 Å². The van der Waals surface area contributed by atoms with Crippen molar-refractivity contribution >= 4 is 80.2 Å². The maximum absolute atomic E-state index is 12.6. The number of allylic oxidation sites excluding steroid dienone is 1. The summed E-state index contributed by atoms with van der Waals surface area (Å²) in [6, 6.07) is 19.8. The summed E-state index contributed by atoms with van der Waals surface area (Å²) in [7, 11) is 0. The topological polar surface area (TPSA) is 50.1 Å². The molecule has 7 heteroatoms. The minimum atomic E-state index is -0.305. The van der Waals surface area contributed by atoms with Crippen LogP contribution >= 0.6 is 68.4 Å². The first-order valence-corrected chi connectivity index (χ1v) is 11.6. The molecule has 0 bridgehead atoms. The van der Waals surface area contributed by atoms with Gasteiger partial charge in [0.15, 0.2) is 0 Å². The van der Waals surface area contributed by atoms with Crippen LogP contribution in [0.15, 0.2) is 66.2 Å². The van der Waals surface area contributed by atoms with Crippen LogP contribution < -0.4 is 4.74 Å². The number of rotatable bonds is 6. The number of hydrogen-bond donors (Lipinski definition) is 0. The molecule has 3 aromatic rings. The average Bonchev–Trinajstić information content (AvgIpc) is 2.73. The number of nitriles is 1. The van der Waals surface area contributed by atoms with E-state index in [1.807, 2.05) is 30.3 Å². The predicted octanol–water partition coefficient (Wildman–Crippen LogP) is 7.57. The largest absolute Gasteiger partial charge is 0.487 e. The number of ketones is 1. The highest BCUT2D eigenvalue weighted by Gasteiger charge is 2.14. The molecule has 0 aliphatic carbocycles. The summed E-state index contributed by atoms with van der Waals surface area (Å²) >= 11 is 16.5. The number of Topliss-reactive ketones (excluding diaryl/α,β-unsaturated/α-hetero) is 1. The van der Waals surface area contributed by atoms with Crippen molar-refractivity contribution in [2.45, 2.75) is 6.61 Å². The Bertz CT molecular complexity index is 1150. The molecule has 0 radical (unpaired) electrons. The van der Waals surface area contributed by atoms with Gasteiger partial charge < -0.3 is 4.74 Å². The third-order valence-corrected chi connectivity index (χ3v) is 6.31. The standard InChI is InChI=1S/C23H13Cl2I2NO2/c24-18-7-6-16(19(25)11-18)13-30-23-20(26)9-14(10-21(23)27)8-17(12-28)22(29)15-4-2-1-3-5-15/h1-11H,13H2/b17-8+. The fourth-order valence-electron chi connectivity index (χ4n) is 2.65. The van der Waals surface area contributed by atoms with E-state index in [1.165, 1.54) is 0 Å². The summed E-state index contributed by atoms with van der Waals surface area (Å²) in [5.41, 5.74) is 2.14. The van der Waals surface area contributed by atoms with Crippen LogP contribution in [0, 0.1) is 18.5 Å². The zero-order valence-electron chi connectivity index (χ0n) is 15.3. The fraction of sp³-hybridized carbons (Fsp3) is 0.0435. The number of hydrogen-bond acceptors (Lipinski definition) is 3. The number of ether oxygens (including phenoxy) is 1. The van der Waals surface area contributed by atoms with Crippen molar-refractivity contribution in [2.75, 3.05) is 0 Å². The molecule has 0 amide bonds. The first-order chi connectivity index (χ1) is 14.4. The lowest BCUT2D eigenvalue weighted by Crippen LogP contribution is -2.02. The van der Waals surface area contributed by atoms with E-state index in [2.05, 4.69) is 45.2 Å². The molecule has 0 saturated heterocycles. The van der Waals surface area contributed by atoms with Gasteiger partial charge in [-0.3, -0.25) is 4.79 Å². The van der Waals surface area contributed by atoms with E-state index in [0.717, 1.165) is 18.3 Å². The Balaban J connectivity index is 1.84. The van der Waals surface area contributed by atoms with Crippen LogP contribution in [0.2, 0.25) is 10.0 Å². The second-order valence-electron chi connectivity index (χ2n) is 6.20. The molecule has 0 aliphatic heterocycles. The van der Waals surface area contributed by atoms with Gasteiger partial charge in [-0.2, -0.15) is 5.26 Å². The Morgan fingerprint density at radius 1 is 1.03 bits per heavy atom. The number of halogens is 4. The number of nitrogens with zero attached hydrogens (tertiary/aromatic N) is 1. The van der Waals surface area contributed by atoms with Gasteiger partial charge in [-0.15, -0.1) is 0 Å². The lowest BCUT2D eigenvalue weighted by Gasteiger charge is -2.13. The number of benzene rings is 3. The quantitative estimate of drug-likeness (QED) is 0.119. The van der Waals surface area contributed by atoms with Gasteiger partial charge in [-0.05, 0) is 81.1 Å². The molecule has 0 saturated carbocycles. The molecule has 0 fully saturated rings. The second kappa shape index (κ2) is 10.6. The molecule has 0 spiro atoms. The third-order valence-electron chi connectivity index (χ3n) is 4.12. The molecule has 0 aliphatic rings. The number of carbonyl (C=O) groups is 1. The molecular weight excluding hydrogens is 647 g/mol. The summed E-state index contributed by atoms with van der Waals surface area (Å²) < 4.78 is 7.70. The van der Waals surface area contributed by atoms with Crippen molar-refractivity contribution in [1.82, 2.24) is 0 Å². The Labute approximate surface area is 211 Å². The van der Waals surface area contributed by atoms with Crippen LogP contribution in [-0.2, 0) is 6.61 Å². The zero-order chi connectivity index (χ0) is 21.7. The molecule has 0 atom stereocenters. The Hall–Kier alpha value is -1.60. The van der Waals surface area contributed by atoms with Gasteiger partial charge in [-0.1, -0.05) is 59.6 Å². The van der Waals surface area contributed by atoms with E-state index in [0.29, 0.717) is 28.0 Å². The van der Waals surface area contributed by atoms with Crippen molar-refractivity contribution < 1.29 is 9.53 Å². The molecule has 3 nitrogen and oxygen atoms in total. The zero-order valence-corrected chi connectivity index (χ0v) is 21.2. The molecular formula is C23H13Cl2I2NO2. The minimum absolute atomic E-state index is 0.0782. The Morgan fingerprint density at radius 2 is 1.70 bits per heavy atom. The van der Waals surface area contributed by atoms with Crippen LogP contribution in [0.25, 0.3) is 6.08 Å². The van der Waals surface area contributed by atoms with Crippen molar-refractivity contribution in [3.05, 3.63) is 100 Å².